The Morgan fingerprint density at radius 1 is 0.370 bits per heavy atom. The van der Waals surface area contributed by atoms with Crippen LogP contribution in [0, 0.1) is 0 Å². The number of hydrogen-bond acceptors (Lipinski definition) is 8. The molecule has 0 aliphatic heterocycles. The van der Waals surface area contributed by atoms with Gasteiger partial charge < -0.3 is 20.1 Å². The van der Waals surface area contributed by atoms with Gasteiger partial charge in [-0.2, -0.15) is 0 Å². The number of ether oxygens (including phenoxy) is 2. The van der Waals surface area contributed by atoms with Gasteiger partial charge in [0.1, 0.15) is 6.61 Å². The Labute approximate surface area is 503 Å². The maximum atomic E-state index is 12.7. The summed E-state index contributed by atoms with van der Waals surface area (Å²) in [6, 6.07) is 0. The van der Waals surface area contributed by atoms with Gasteiger partial charge in [-0.05, 0) is 70.6 Å². The SMILES string of the molecule is CCCCC/C=C\C/C=C\CCCCCCCCCCCC(=O)OC(COC(=O)CCCCCCCCCCCCCCCCCCCCCCCCCCCCCCC/C=C\CCCCCCCCCC)COP(=O)(O)OCCN. The van der Waals surface area contributed by atoms with Crippen LogP contribution in [0.2, 0.25) is 0 Å². The number of rotatable bonds is 68. The zero-order valence-electron chi connectivity index (χ0n) is 53.8. The van der Waals surface area contributed by atoms with Crippen LogP contribution in [0.15, 0.2) is 36.5 Å². The number of esters is 2. The third kappa shape index (κ3) is 67.2. The maximum absolute atomic E-state index is 12.7. The molecule has 81 heavy (non-hydrogen) atoms. The molecule has 0 rings (SSSR count). The highest BCUT2D eigenvalue weighted by Gasteiger charge is 2.26. The number of hydrogen-bond donors (Lipinski definition) is 2. The summed E-state index contributed by atoms with van der Waals surface area (Å²) in [5.74, 6) is -0.814. The van der Waals surface area contributed by atoms with Crippen LogP contribution in [-0.2, 0) is 32.7 Å². The van der Waals surface area contributed by atoms with Gasteiger partial charge in [0.25, 0.3) is 0 Å². The Balaban J connectivity index is 3.71. The number of allylic oxidation sites excluding steroid dienone is 6. The van der Waals surface area contributed by atoms with E-state index in [1.54, 1.807) is 0 Å². The number of carbonyl (C=O) groups excluding carboxylic acids is 2. The average Bonchev–Trinajstić information content (AvgIpc) is 3.46. The first-order chi connectivity index (χ1) is 39.8. The number of phosphoric ester groups is 1. The summed E-state index contributed by atoms with van der Waals surface area (Å²) in [7, 11) is -4.39. The first-order valence-electron chi connectivity index (χ1n) is 35.5. The molecule has 0 aromatic carbocycles. The molecule has 2 unspecified atom stereocenters. The number of nitrogens with two attached hydrogens (primary N) is 1. The minimum absolute atomic E-state index is 0.0543. The molecule has 0 spiro atoms. The van der Waals surface area contributed by atoms with Gasteiger partial charge in [-0.1, -0.05) is 326 Å². The molecule has 0 bridgehead atoms. The van der Waals surface area contributed by atoms with Gasteiger partial charge in [0.15, 0.2) is 6.10 Å². The van der Waals surface area contributed by atoms with Crippen LogP contribution in [-0.4, -0.2) is 49.3 Å². The lowest BCUT2D eigenvalue weighted by molar-refractivity contribution is -0.161. The quantitative estimate of drug-likeness (QED) is 0.0264. The summed E-state index contributed by atoms with van der Waals surface area (Å²) < 4.78 is 33.1. The minimum atomic E-state index is -4.39. The van der Waals surface area contributed by atoms with Gasteiger partial charge in [0, 0.05) is 19.4 Å². The molecule has 0 aromatic rings. The van der Waals surface area contributed by atoms with E-state index in [1.807, 2.05) is 0 Å². The molecule has 0 fully saturated rings. The Morgan fingerprint density at radius 3 is 0.975 bits per heavy atom. The highest BCUT2D eigenvalue weighted by atomic mass is 31.2. The summed E-state index contributed by atoms with van der Waals surface area (Å²) in [5, 5.41) is 0. The lowest BCUT2D eigenvalue weighted by atomic mass is 10.0. The minimum Gasteiger partial charge on any atom is -0.462 e. The third-order valence-corrected chi connectivity index (χ3v) is 17.0. The highest BCUT2D eigenvalue weighted by molar-refractivity contribution is 7.47. The summed E-state index contributed by atoms with van der Waals surface area (Å²) >= 11 is 0. The Kier molecular flexibility index (Phi) is 65.9. The van der Waals surface area contributed by atoms with Crippen molar-refractivity contribution in [1.29, 1.82) is 0 Å². The second-order valence-corrected chi connectivity index (χ2v) is 25.6. The number of carbonyl (C=O) groups is 2. The van der Waals surface area contributed by atoms with E-state index in [9.17, 15) is 19.0 Å². The highest BCUT2D eigenvalue weighted by Crippen LogP contribution is 2.43. The van der Waals surface area contributed by atoms with Gasteiger partial charge in [0.2, 0.25) is 0 Å². The maximum Gasteiger partial charge on any atom is 0.472 e. The van der Waals surface area contributed by atoms with Crippen LogP contribution < -0.4 is 5.73 Å². The fourth-order valence-electron chi connectivity index (χ4n) is 10.7. The third-order valence-electron chi connectivity index (χ3n) is 16.0. The smallest absolute Gasteiger partial charge is 0.462 e. The van der Waals surface area contributed by atoms with E-state index in [-0.39, 0.29) is 38.6 Å². The molecule has 0 saturated carbocycles. The first-order valence-corrected chi connectivity index (χ1v) is 37.0. The van der Waals surface area contributed by atoms with E-state index in [4.69, 9.17) is 24.3 Å². The second kappa shape index (κ2) is 67.4. The molecule has 9 nitrogen and oxygen atoms in total. The van der Waals surface area contributed by atoms with Crippen molar-refractivity contribution in [2.24, 2.45) is 5.73 Å². The predicted octanol–water partition coefficient (Wildman–Crippen LogP) is 23.1. The Hall–Kier alpha value is -1.77. The van der Waals surface area contributed by atoms with Crippen LogP contribution in [0.4, 0.5) is 0 Å². The molecule has 0 aliphatic carbocycles. The average molecular weight is 1160 g/mol. The summed E-state index contributed by atoms with van der Waals surface area (Å²) in [6.45, 7) is 3.77. The van der Waals surface area contributed by atoms with Crippen molar-refractivity contribution < 1.29 is 37.6 Å². The van der Waals surface area contributed by atoms with Crippen LogP contribution in [0.25, 0.3) is 0 Å². The molecule has 2 atom stereocenters. The van der Waals surface area contributed by atoms with Crippen LogP contribution in [0.5, 0.6) is 0 Å². The lowest BCUT2D eigenvalue weighted by Gasteiger charge is -2.19. The molecule has 0 aliphatic rings. The van der Waals surface area contributed by atoms with E-state index in [1.165, 1.54) is 289 Å². The molecule has 0 radical (unpaired) electrons. The van der Waals surface area contributed by atoms with Crippen molar-refractivity contribution in [3.63, 3.8) is 0 Å². The van der Waals surface area contributed by atoms with E-state index in [0.29, 0.717) is 6.42 Å². The van der Waals surface area contributed by atoms with Crippen molar-refractivity contribution >= 4 is 19.8 Å². The van der Waals surface area contributed by atoms with Crippen LogP contribution in [0.1, 0.15) is 373 Å². The molecule has 0 saturated heterocycles. The Morgan fingerprint density at radius 2 is 0.642 bits per heavy atom. The second-order valence-electron chi connectivity index (χ2n) is 24.1. The van der Waals surface area contributed by atoms with Crippen molar-refractivity contribution in [1.82, 2.24) is 0 Å². The van der Waals surface area contributed by atoms with E-state index in [2.05, 4.69) is 50.3 Å². The fourth-order valence-corrected chi connectivity index (χ4v) is 11.5. The van der Waals surface area contributed by atoms with Gasteiger partial charge in [-0.25, -0.2) is 4.57 Å². The zero-order chi connectivity index (χ0) is 58.7. The van der Waals surface area contributed by atoms with Gasteiger partial charge in [-0.15, -0.1) is 0 Å². The van der Waals surface area contributed by atoms with Crippen molar-refractivity contribution in [2.75, 3.05) is 26.4 Å². The first kappa shape index (κ1) is 79.2. The van der Waals surface area contributed by atoms with Gasteiger partial charge in [-0.3, -0.25) is 18.6 Å². The van der Waals surface area contributed by atoms with Gasteiger partial charge >= 0.3 is 19.8 Å². The van der Waals surface area contributed by atoms with E-state index < -0.39 is 26.5 Å². The molecule has 3 N–H and O–H groups in total. The Bertz CT molecular complexity index is 1420. The van der Waals surface area contributed by atoms with Crippen molar-refractivity contribution in [3.8, 4) is 0 Å². The molecular weight excluding hydrogens is 1030 g/mol. The fraction of sp³-hybridized carbons (Fsp3) is 0.887. The zero-order valence-corrected chi connectivity index (χ0v) is 54.7. The lowest BCUT2D eigenvalue weighted by Crippen LogP contribution is -2.29. The number of unbranched alkanes of at least 4 members (excludes halogenated alkanes) is 49. The molecular formula is C71H136NO8P. The topological polar surface area (TPSA) is 134 Å². The van der Waals surface area contributed by atoms with E-state index in [0.717, 1.165) is 51.4 Å². The van der Waals surface area contributed by atoms with Crippen molar-refractivity contribution in [2.45, 2.75) is 380 Å². The molecule has 478 valence electrons. The van der Waals surface area contributed by atoms with Gasteiger partial charge in [0.05, 0.1) is 13.2 Å². The largest absolute Gasteiger partial charge is 0.472 e. The molecule has 0 heterocycles. The summed E-state index contributed by atoms with van der Waals surface area (Å²) in [6.07, 6.45) is 84.1. The normalized spacial score (nSPS) is 13.1. The monoisotopic (exact) mass is 1160 g/mol. The molecule has 0 amide bonds. The predicted molar refractivity (Wildman–Crippen MR) is 349 cm³/mol. The standard InChI is InChI=1S/C71H136NO8P/c1-3-5-7-9-11-13-15-17-19-21-23-24-25-26-27-28-29-30-31-32-33-34-35-36-37-38-39-40-41-42-43-44-46-47-49-51-53-55-57-59-61-63-70(73)77-67-69(68-79-81(75,76)78-66-65-72)80-71(74)64-62-60-58-56-54-52-50-48-45-22-20-18-16-14-12-10-8-6-4-2/h12,14,18,20-21,23,69H,3-11,13,15-17,19,22,24-68,72H2,1-2H3,(H,75,76)/b14-12-,20-18-,23-21-. The summed E-state index contributed by atoms with van der Waals surface area (Å²) in [5.41, 5.74) is 5.39. The van der Waals surface area contributed by atoms with E-state index >= 15 is 0 Å². The van der Waals surface area contributed by atoms with Crippen LogP contribution >= 0.6 is 7.82 Å². The molecule has 10 heteroatoms. The number of phosphoric acid groups is 1. The summed E-state index contributed by atoms with van der Waals surface area (Å²) in [4.78, 5) is 35.3. The molecule has 0 aromatic heterocycles. The van der Waals surface area contributed by atoms with Crippen LogP contribution in [0.3, 0.4) is 0 Å². The van der Waals surface area contributed by atoms with Crippen molar-refractivity contribution in [3.05, 3.63) is 36.5 Å².